The van der Waals surface area contributed by atoms with Crippen LogP contribution < -0.4 is 0 Å². The fourth-order valence-electron chi connectivity index (χ4n) is 0.450. The molecule has 0 spiro atoms. The Labute approximate surface area is 61.9 Å². The summed E-state index contributed by atoms with van der Waals surface area (Å²) in [6.07, 6.45) is 6.75. The molecule has 0 saturated heterocycles. The molecule has 0 aromatic rings. The SMILES string of the molecule is CC=N/C(C)=C\O/C=C/C. The van der Waals surface area contributed by atoms with Crippen molar-refractivity contribution < 1.29 is 4.74 Å². The summed E-state index contributed by atoms with van der Waals surface area (Å²) in [6, 6.07) is 0. The molecule has 0 bridgehead atoms. The van der Waals surface area contributed by atoms with E-state index in [-0.39, 0.29) is 0 Å². The van der Waals surface area contributed by atoms with Gasteiger partial charge in [0.1, 0.15) is 6.26 Å². The van der Waals surface area contributed by atoms with Gasteiger partial charge >= 0.3 is 0 Å². The summed E-state index contributed by atoms with van der Waals surface area (Å²) in [6.45, 7) is 5.64. The molecule has 0 amide bonds. The van der Waals surface area contributed by atoms with Gasteiger partial charge in [-0.1, -0.05) is 6.08 Å². The number of rotatable bonds is 3. The van der Waals surface area contributed by atoms with Gasteiger partial charge < -0.3 is 4.74 Å². The first-order valence-electron chi connectivity index (χ1n) is 3.23. The Morgan fingerprint density at radius 2 is 2.10 bits per heavy atom. The van der Waals surface area contributed by atoms with Gasteiger partial charge in [0.05, 0.1) is 12.0 Å². The van der Waals surface area contributed by atoms with Crippen molar-refractivity contribution in [1.29, 1.82) is 0 Å². The van der Waals surface area contributed by atoms with Gasteiger partial charge in [0.2, 0.25) is 0 Å². The van der Waals surface area contributed by atoms with Crippen molar-refractivity contribution >= 4 is 6.21 Å². The molecule has 0 radical (unpaired) electrons. The highest BCUT2D eigenvalue weighted by Gasteiger charge is 1.77. The van der Waals surface area contributed by atoms with Gasteiger partial charge in [0.25, 0.3) is 0 Å². The fraction of sp³-hybridized carbons (Fsp3) is 0.375. The molecule has 0 aliphatic heterocycles. The fourth-order valence-corrected chi connectivity index (χ4v) is 0.450. The molecule has 0 atom stereocenters. The molecular weight excluding hydrogens is 126 g/mol. The van der Waals surface area contributed by atoms with Crippen LogP contribution in [-0.4, -0.2) is 6.21 Å². The smallest absolute Gasteiger partial charge is 0.111 e. The van der Waals surface area contributed by atoms with E-state index in [1.165, 1.54) is 0 Å². The Hall–Kier alpha value is -1.05. The molecule has 0 aromatic carbocycles. The number of aliphatic imine (C=N–C) groups is 1. The van der Waals surface area contributed by atoms with E-state index in [4.69, 9.17) is 4.74 Å². The predicted octanol–water partition coefficient (Wildman–Crippen LogP) is 2.49. The van der Waals surface area contributed by atoms with Crippen molar-refractivity contribution in [3.8, 4) is 0 Å². The maximum Gasteiger partial charge on any atom is 0.111 e. The largest absolute Gasteiger partial charge is 0.471 e. The summed E-state index contributed by atoms with van der Waals surface area (Å²) in [5.74, 6) is 0. The molecular formula is C8H13NO. The molecule has 56 valence electrons. The lowest BCUT2D eigenvalue weighted by atomic mass is 10.6. The van der Waals surface area contributed by atoms with Crippen LogP contribution in [0, 0.1) is 0 Å². The van der Waals surface area contributed by atoms with Crippen LogP contribution in [0.4, 0.5) is 0 Å². The monoisotopic (exact) mass is 139 g/mol. The van der Waals surface area contributed by atoms with E-state index in [9.17, 15) is 0 Å². The topological polar surface area (TPSA) is 21.6 Å². The number of nitrogens with zero attached hydrogens (tertiary/aromatic N) is 1. The molecule has 0 unspecified atom stereocenters. The van der Waals surface area contributed by atoms with E-state index in [1.807, 2.05) is 26.8 Å². The van der Waals surface area contributed by atoms with E-state index in [0.29, 0.717) is 0 Å². The predicted molar refractivity (Wildman–Crippen MR) is 43.8 cm³/mol. The van der Waals surface area contributed by atoms with Gasteiger partial charge in [-0.2, -0.15) is 0 Å². The molecule has 0 aliphatic rings. The first-order valence-corrected chi connectivity index (χ1v) is 3.23. The normalized spacial score (nSPS) is 13.3. The third-order valence-corrected chi connectivity index (χ3v) is 0.786. The Morgan fingerprint density at radius 3 is 2.60 bits per heavy atom. The highest BCUT2D eigenvalue weighted by atomic mass is 16.5. The molecule has 10 heavy (non-hydrogen) atoms. The summed E-state index contributed by atoms with van der Waals surface area (Å²) >= 11 is 0. The first kappa shape index (κ1) is 8.95. The van der Waals surface area contributed by atoms with Crippen LogP contribution in [0.15, 0.2) is 29.3 Å². The summed E-state index contributed by atoms with van der Waals surface area (Å²) in [7, 11) is 0. The molecule has 0 heterocycles. The van der Waals surface area contributed by atoms with Crippen LogP contribution in [0.5, 0.6) is 0 Å². The average Bonchev–Trinajstić information content (AvgIpc) is 1.89. The maximum absolute atomic E-state index is 4.94. The highest BCUT2D eigenvalue weighted by molar-refractivity contribution is 5.54. The van der Waals surface area contributed by atoms with Crippen molar-refractivity contribution in [1.82, 2.24) is 0 Å². The van der Waals surface area contributed by atoms with Crippen LogP contribution in [0.1, 0.15) is 20.8 Å². The van der Waals surface area contributed by atoms with Crippen molar-refractivity contribution in [3.05, 3.63) is 24.3 Å². The third-order valence-electron chi connectivity index (χ3n) is 0.786. The van der Waals surface area contributed by atoms with E-state index >= 15 is 0 Å². The highest BCUT2D eigenvalue weighted by Crippen LogP contribution is 1.93. The van der Waals surface area contributed by atoms with E-state index in [1.54, 1.807) is 18.7 Å². The van der Waals surface area contributed by atoms with Crippen LogP contribution >= 0.6 is 0 Å². The second-order valence-electron chi connectivity index (χ2n) is 1.75. The molecule has 2 heteroatoms. The van der Waals surface area contributed by atoms with E-state index in [2.05, 4.69) is 4.99 Å². The van der Waals surface area contributed by atoms with Crippen LogP contribution in [0.25, 0.3) is 0 Å². The third kappa shape index (κ3) is 5.09. The van der Waals surface area contributed by atoms with Crippen molar-refractivity contribution in [3.63, 3.8) is 0 Å². The summed E-state index contributed by atoms with van der Waals surface area (Å²) < 4.78 is 4.94. The number of ether oxygens (including phenoxy) is 1. The quantitative estimate of drug-likeness (QED) is 0.435. The summed E-state index contributed by atoms with van der Waals surface area (Å²) in [5.41, 5.74) is 0.862. The van der Waals surface area contributed by atoms with Crippen molar-refractivity contribution in [2.75, 3.05) is 0 Å². The number of hydrogen-bond donors (Lipinski definition) is 0. The molecule has 0 saturated carbocycles. The van der Waals surface area contributed by atoms with E-state index in [0.717, 1.165) is 5.70 Å². The lowest BCUT2D eigenvalue weighted by Gasteiger charge is -1.90. The molecule has 0 fully saturated rings. The van der Waals surface area contributed by atoms with Gasteiger partial charge in [0.15, 0.2) is 0 Å². The molecule has 0 N–H and O–H groups in total. The lowest BCUT2D eigenvalue weighted by molar-refractivity contribution is 0.397. The van der Waals surface area contributed by atoms with Gasteiger partial charge in [-0.15, -0.1) is 0 Å². The van der Waals surface area contributed by atoms with Gasteiger partial charge in [-0.25, -0.2) is 0 Å². The average molecular weight is 139 g/mol. The second-order valence-corrected chi connectivity index (χ2v) is 1.75. The lowest BCUT2D eigenvalue weighted by Crippen LogP contribution is -1.71. The Balaban J connectivity index is 3.68. The van der Waals surface area contributed by atoms with Gasteiger partial charge in [-0.05, 0) is 20.8 Å². The standard InChI is InChI=1S/C8H13NO/c1-4-6-10-7-8(3)9-5-2/h4-7H,1-3H3/b6-4+,8-7-,9-5?. The van der Waals surface area contributed by atoms with Crippen molar-refractivity contribution in [2.24, 2.45) is 4.99 Å². The van der Waals surface area contributed by atoms with Gasteiger partial charge in [-0.3, -0.25) is 4.99 Å². The Bertz CT molecular complexity index is 157. The summed E-state index contributed by atoms with van der Waals surface area (Å²) in [4.78, 5) is 3.97. The zero-order chi connectivity index (χ0) is 7.82. The minimum absolute atomic E-state index is 0.862. The number of hydrogen-bond acceptors (Lipinski definition) is 2. The molecule has 0 aliphatic carbocycles. The maximum atomic E-state index is 4.94. The van der Waals surface area contributed by atoms with E-state index < -0.39 is 0 Å². The molecule has 0 aromatic heterocycles. The first-order chi connectivity index (χ1) is 4.81. The Kier molecular flexibility index (Phi) is 5.44. The zero-order valence-electron chi connectivity index (χ0n) is 6.66. The summed E-state index contributed by atoms with van der Waals surface area (Å²) in [5, 5.41) is 0. The second kappa shape index (κ2) is 6.08. The number of allylic oxidation sites excluding steroid dienone is 2. The Morgan fingerprint density at radius 1 is 1.40 bits per heavy atom. The minimum atomic E-state index is 0.862. The molecule has 2 nitrogen and oxygen atoms in total. The minimum Gasteiger partial charge on any atom is -0.471 e. The van der Waals surface area contributed by atoms with Crippen molar-refractivity contribution in [2.45, 2.75) is 20.8 Å². The van der Waals surface area contributed by atoms with Crippen LogP contribution in [0.3, 0.4) is 0 Å². The zero-order valence-corrected chi connectivity index (χ0v) is 6.66. The van der Waals surface area contributed by atoms with Crippen LogP contribution in [0.2, 0.25) is 0 Å². The van der Waals surface area contributed by atoms with Crippen LogP contribution in [-0.2, 0) is 4.74 Å². The molecule has 0 rings (SSSR count). The van der Waals surface area contributed by atoms with Gasteiger partial charge in [0, 0.05) is 6.21 Å².